The second kappa shape index (κ2) is 7.80. The van der Waals surface area contributed by atoms with Crippen molar-refractivity contribution < 1.29 is 4.18 Å². The van der Waals surface area contributed by atoms with Gasteiger partial charge in [0.15, 0.2) is 0 Å². The quantitative estimate of drug-likeness (QED) is 0.438. The third-order valence-corrected chi connectivity index (χ3v) is 1.29. The first-order valence-corrected chi connectivity index (χ1v) is 4.09. The van der Waals surface area contributed by atoms with Gasteiger partial charge in [-0.1, -0.05) is 0 Å². The van der Waals surface area contributed by atoms with Crippen LogP contribution >= 0.6 is 12.0 Å². The van der Waals surface area contributed by atoms with Crippen molar-refractivity contribution in [3.05, 3.63) is 0 Å². The maximum atomic E-state index is 8.13. The number of rotatable bonds is 5. The van der Waals surface area contributed by atoms with Gasteiger partial charge in [0.2, 0.25) is 0 Å². The molecule has 0 fully saturated rings. The molecule has 0 radical (unpaired) electrons. The Hall–Kier alpha value is -0.200. The van der Waals surface area contributed by atoms with Crippen LogP contribution in [0.4, 0.5) is 0 Å². The molecular weight excluding hydrogens is 134 g/mol. The van der Waals surface area contributed by atoms with Crippen molar-refractivity contribution in [1.82, 2.24) is 0 Å². The predicted molar refractivity (Wildman–Crippen MR) is 38.9 cm³/mol. The Kier molecular flexibility index (Phi) is 7.63. The summed E-state index contributed by atoms with van der Waals surface area (Å²) >= 11 is 1.38. The molecule has 0 amide bonds. The molecule has 0 N–H and O–H groups in total. The van der Waals surface area contributed by atoms with Crippen LogP contribution in [0.25, 0.3) is 0 Å². The minimum Gasteiger partial charge on any atom is -0.316 e. The van der Waals surface area contributed by atoms with Crippen LogP contribution in [0.5, 0.6) is 0 Å². The Bertz CT molecular complexity index is 89.5. The Morgan fingerprint density at radius 3 is 2.89 bits per heavy atom. The normalized spacial score (nSPS) is 8.89. The second-order valence-corrected chi connectivity index (χ2v) is 2.17. The smallest absolute Gasteiger partial charge is 0.0621 e. The van der Waals surface area contributed by atoms with Gasteiger partial charge in [-0.05, 0) is 24.9 Å². The maximum Gasteiger partial charge on any atom is 0.0621 e. The van der Waals surface area contributed by atoms with E-state index in [0.29, 0.717) is 6.42 Å². The molecule has 0 bridgehead atoms. The van der Waals surface area contributed by atoms with Crippen molar-refractivity contribution in [3.63, 3.8) is 0 Å². The lowest BCUT2D eigenvalue weighted by Crippen LogP contribution is -1.84. The van der Waals surface area contributed by atoms with E-state index in [4.69, 9.17) is 9.44 Å². The Balaban J connectivity index is 2.69. The van der Waals surface area contributed by atoms with E-state index in [0.717, 1.165) is 19.4 Å². The zero-order valence-electron chi connectivity index (χ0n) is 5.59. The third-order valence-electron chi connectivity index (χ3n) is 0.884. The number of hydrogen-bond acceptors (Lipinski definition) is 3. The summed E-state index contributed by atoms with van der Waals surface area (Å²) in [6.45, 7) is 0.767. The molecular formula is C6H11NOS. The summed E-state index contributed by atoms with van der Waals surface area (Å²) in [6, 6.07) is 2.08. The zero-order chi connectivity index (χ0) is 6.95. The number of nitriles is 1. The largest absolute Gasteiger partial charge is 0.316 e. The number of nitrogens with zero attached hydrogens (tertiary/aromatic N) is 1. The highest BCUT2D eigenvalue weighted by molar-refractivity contribution is 7.93. The standard InChI is InChI=1S/C6H11NOS/c1-9-8-6-4-2-3-5-7/h2-4,6H2,1H3. The SMILES string of the molecule is CSOCCCCC#N. The fraction of sp³-hybridized carbons (Fsp3) is 0.833. The molecule has 0 aliphatic rings. The van der Waals surface area contributed by atoms with Crippen molar-refractivity contribution in [2.45, 2.75) is 19.3 Å². The van der Waals surface area contributed by atoms with Gasteiger partial charge in [0.1, 0.15) is 0 Å². The molecule has 0 aromatic rings. The van der Waals surface area contributed by atoms with Gasteiger partial charge >= 0.3 is 0 Å². The van der Waals surface area contributed by atoms with Gasteiger partial charge in [-0.2, -0.15) is 5.26 Å². The van der Waals surface area contributed by atoms with Gasteiger partial charge in [-0.25, -0.2) is 0 Å². The van der Waals surface area contributed by atoms with Gasteiger partial charge in [-0.15, -0.1) is 0 Å². The van der Waals surface area contributed by atoms with Crippen molar-refractivity contribution in [2.24, 2.45) is 0 Å². The van der Waals surface area contributed by atoms with Gasteiger partial charge in [-0.3, -0.25) is 0 Å². The van der Waals surface area contributed by atoms with Crippen molar-refractivity contribution in [2.75, 3.05) is 12.9 Å². The van der Waals surface area contributed by atoms with Crippen LogP contribution in [0.3, 0.4) is 0 Å². The molecule has 0 aromatic carbocycles. The molecule has 0 spiro atoms. The minimum atomic E-state index is 0.651. The number of unbranched alkanes of at least 4 members (excludes halogenated alkanes) is 2. The molecule has 0 heterocycles. The van der Waals surface area contributed by atoms with E-state index in [9.17, 15) is 0 Å². The van der Waals surface area contributed by atoms with Crippen molar-refractivity contribution >= 4 is 12.0 Å². The topological polar surface area (TPSA) is 33.0 Å². The molecule has 0 aliphatic heterocycles. The van der Waals surface area contributed by atoms with Crippen LogP contribution in [0.2, 0.25) is 0 Å². The van der Waals surface area contributed by atoms with E-state index in [-0.39, 0.29) is 0 Å². The fourth-order valence-electron chi connectivity index (χ4n) is 0.448. The molecule has 0 aromatic heterocycles. The Morgan fingerprint density at radius 2 is 2.33 bits per heavy atom. The first-order chi connectivity index (χ1) is 4.41. The summed E-state index contributed by atoms with van der Waals surface area (Å²) in [4.78, 5) is 0. The van der Waals surface area contributed by atoms with Crippen molar-refractivity contribution in [1.29, 1.82) is 5.26 Å². The first-order valence-electron chi connectivity index (χ1n) is 2.94. The molecule has 2 nitrogen and oxygen atoms in total. The molecule has 0 aliphatic carbocycles. The van der Waals surface area contributed by atoms with Crippen LogP contribution in [-0.4, -0.2) is 12.9 Å². The average Bonchev–Trinajstić information content (AvgIpc) is 1.89. The van der Waals surface area contributed by atoms with Gasteiger partial charge in [0, 0.05) is 12.7 Å². The molecule has 0 saturated heterocycles. The van der Waals surface area contributed by atoms with E-state index >= 15 is 0 Å². The highest BCUT2D eigenvalue weighted by Crippen LogP contribution is 1.99. The molecule has 0 unspecified atom stereocenters. The third kappa shape index (κ3) is 7.80. The van der Waals surface area contributed by atoms with Gasteiger partial charge < -0.3 is 4.18 Å². The molecule has 0 rings (SSSR count). The van der Waals surface area contributed by atoms with Gasteiger partial charge in [0.05, 0.1) is 12.7 Å². The monoisotopic (exact) mass is 145 g/mol. The lowest BCUT2D eigenvalue weighted by atomic mass is 10.3. The Morgan fingerprint density at radius 1 is 1.56 bits per heavy atom. The van der Waals surface area contributed by atoms with Crippen LogP contribution in [0.15, 0.2) is 0 Å². The molecule has 9 heavy (non-hydrogen) atoms. The zero-order valence-corrected chi connectivity index (χ0v) is 6.41. The van der Waals surface area contributed by atoms with E-state index in [1.54, 1.807) is 0 Å². The molecule has 0 saturated carbocycles. The molecule has 0 atom stereocenters. The van der Waals surface area contributed by atoms with E-state index < -0.39 is 0 Å². The van der Waals surface area contributed by atoms with Crippen LogP contribution in [-0.2, 0) is 4.18 Å². The summed E-state index contributed by atoms with van der Waals surface area (Å²) in [5.41, 5.74) is 0. The lowest BCUT2D eigenvalue weighted by Gasteiger charge is -1.94. The second-order valence-electron chi connectivity index (χ2n) is 1.60. The van der Waals surface area contributed by atoms with Crippen LogP contribution < -0.4 is 0 Å². The summed E-state index contributed by atoms with van der Waals surface area (Å²) in [6.07, 6.45) is 4.49. The van der Waals surface area contributed by atoms with Gasteiger partial charge in [0.25, 0.3) is 0 Å². The lowest BCUT2D eigenvalue weighted by molar-refractivity contribution is 0.362. The predicted octanol–water partition coefficient (Wildman–Crippen LogP) is 1.97. The average molecular weight is 145 g/mol. The van der Waals surface area contributed by atoms with E-state index in [2.05, 4.69) is 6.07 Å². The summed E-state index contributed by atoms with van der Waals surface area (Å²) in [5, 5.41) is 8.13. The molecule has 3 heteroatoms. The number of hydrogen-bond donors (Lipinski definition) is 0. The van der Waals surface area contributed by atoms with Crippen molar-refractivity contribution in [3.8, 4) is 6.07 Å². The minimum absolute atomic E-state index is 0.651. The summed E-state index contributed by atoms with van der Waals surface area (Å²) in [5.74, 6) is 0. The van der Waals surface area contributed by atoms with E-state index in [1.165, 1.54) is 12.0 Å². The van der Waals surface area contributed by atoms with Crippen LogP contribution in [0, 0.1) is 11.3 Å². The van der Waals surface area contributed by atoms with Crippen LogP contribution in [0.1, 0.15) is 19.3 Å². The first kappa shape index (κ1) is 8.80. The summed E-state index contributed by atoms with van der Waals surface area (Å²) < 4.78 is 4.99. The fourth-order valence-corrected chi connectivity index (χ4v) is 0.733. The maximum absolute atomic E-state index is 8.13. The Labute approximate surface area is 60.4 Å². The highest BCUT2D eigenvalue weighted by Gasteiger charge is 1.85. The summed E-state index contributed by atoms with van der Waals surface area (Å²) in [7, 11) is 0. The van der Waals surface area contributed by atoms with E-state index in [1.807, 2.05) is 6.26 Å². The highest BCUT2D eigenvalue weighted by atomic mass is 32.2. The molecule has 52 valence electrons.